The molecule has 14 nitrogen and oxygen atoms in total. The van der Waals surface area contributed by atoms with Gasteiger partial charge in [0.25, 0.3) is 0 Å². The van der Waals surface area contributed by atoms with Gasteiger partial charge in [0.05, 0.1) is 11.8 Å². The fraction of sp³-hybridized carbons (Fsp3) is 0.806. The molecule has 260 valence electrons. The molecule has 0 atom stereocenters. The number of esters is 6. The Balaban J connectivity index is 4.26. The Morgan fingerprint density at radius 2 is 0.778 bits per heavy atom. The van der Waals surface area contributed by atoms with Crippen LogP contribution >= 0.6 is 0 Å². The first kappa shape index (κ1) is 41.7. The molecule has 0 aliphatic rings. The van der Waals surface area contributed by atoms with Gasteiger partial charge in [0, 0.05) is 53.7 Å². The van der Waals surface area contributed by atoms with Crippen LogP contribution in [0.1, 0.15) is 85.5 Å². The standard InChI is InChI=1S/C31H53NO13/c1-24(34)40-18-28(19-41-25(2)35)22-44-30(38)12-7-5-9-14-32(16-11-17-33)15-10-6-8-13-31(39)45-23-29(20-42-26(3)36)21-43-27(4)37/h28-29,33H,5-23H2,1-4H3. The number of unbranched alkanes of at least 4 members (excludes halogenated alkanes) is 4. The van der Waals surface area contributed by atoms with Gasteiger partial charge in [-0.2, -0.15) is 0 Å². The van der Waals surface area contributed by atoms with Crippen molar-refractivity contribution in [2.24, 2.45) is 11.8 Å². The number of nitrogens with zero attached hydrogens (tertiary/aromatic N) is 1. The summed E-state index contributed by atoms with van der Waals surface area (Å²) in [5, 5.41) is 9.25. The van der Waals surface area contributed by atoms with Gasteiger partial charge < -0.3 is 38.4 Å². The van der Waals surface area contributed by atoms with Gasteiger partial charge in [-0.05, 0) is 45.2 Å². The van der Waals surface area contributed by atoms with Crippen molar-refractivity contribution in [2.45, 2.75) is 85.5 Å². The smallest absolute Gasteiger partial charge is 0.305 e. The number of hydrogen-bond acceptors (Lipinski definition) is 14. The first-order valence-corrected chi connectivity index (χ1v) is 15.6. The molecule has 0 fully saturated rings. The second-order valence-electron chi connectivity index (χ2n) is 10.8. The molecule has 0 saturated heterocycles. The summed E-state index contributed by atoms with van der Waals surface area (Å²) in [5.41, 5.74) is 0. The first-order chi connectivity index (χ1) is 21.4. The Hall–Kier alpha value is -3.26. The lowest BCUT2D eigenvalue weighted by atomic mass is 10.1. The van der Waals surface area contributed by atoms with E-state index >= 15 is 0 Å². The lowest BCUT2D eigenvalue weighted by Gasteiger charge is -2.22. The van der Waals surface area contributed by atoms with E-state index in [0.717, 1.165) is 45.3 Å². The molecule has 45 heavy (non-hydrogen) atoms. The van der Waals surface area contributed by atoms with Gasteiger partial charge in [-0.1, -0.05) is 12.8 Å². The molecule has 0 aliphatic heterocycles. The summed E-state index contributed by atoms with van der Waals surface area (Å²) in [4.78, 5) is 70.8. The SMILES string of the molecule is CC(=O)OCC(COC(C)=O)COC(=O)CCCCCN(CCCO)CCCCCC(=O)OCC(COC(C)=O)COC(C)=O. The predicted octanol–water partition coefficient (Wildman–Crippen LogP) is 2.36. The summed E-state index contributed by atoms with van der Waals surface area (Å²) >= 11 is 0. The Morgan fingerprint density at radius 1 is 0.467 bits per heavy atom. The van der Waals surface area contributed by atoms with Crippen molar-refractivity contribution in [1.82, 2.24) is 4.90 Å². The van der Waals surface area contributed by atoms with Crippen LogP contribution in [0.25, 0.3) is 0 Å². The van der Waals surface area contributed by atoms with Crippen LogP contribution < -0.4 is 0 Å². The van der Waals surface area contributed by atoms with Crippen molar-refractivity contribution >= 4 is 35.8 Å². The van der Waals surface area contributed by atoms with E-state index in [4.69, 9.17) is 28.4 Å². The average molecular weight is 648 g/mol. The molecular weight excluding hydrogens is 594 g/mol. The molecular formula is C31H53NO13. The summed E-state index contributed by atoms with van der Waals surface area (Å²) in [5.74, 6) is -3.49. The minimum absolute atomic E-state index is 0.0118. The number of aliphatic hydroxyl groups excluding tert-OH is 1. The summed E-state index contributed by atoms with van der Waals surface area (Å²) < 4.78 is 30.3. The molecule has 0 aromatic rings. The van der Waals surface area contributed by atoms with Crippen LogP contribution in [0.5, 0.6) is 0 Å². The van der Waals surface area contributed by atoms with Gasteiger partial charge in [-0.3, -0.25) is 28.8 Å². The van der Waals surface area contributed by atoms with E-state index in [2.05, 4.69) is 4.90 Å². The highest BCUT2D eigenvalue weighted by Gasteiger charge is 2.17. The zero-order valence-corrected chi connectivity index (χ0v) is 27.4. The Kier molecular flexibility index (Phi) is 25.1. The van der Waals surface area contributed by atoms with Gasteiger partial charge in [0.1, 0.15) is 39.6 Å². The average Bonchev–Trinajstić information content (AvgIpc) is 2.97. The van der Waals surface area contributed by atoms with Crippen molar-refractivity contribution in [3.63, 3.8) is 0 Å². The summed E-state index contributed by atoms with van der Waals surface area (Å²) in [6, 6.07) is 0. The summed E-state index contributed by atoms with van der Waals surface area (Å²) in [6.45, 7) is 7.48. The lowest BCUT2D eigenvalue weighted by Crippen LogP contribution is -2.28. The Morgan fingerprint density at radius 3 is 1.09 bits per heavy atom. The number of rotatable bonds is 27. The van der Waals surface area contributed by atoms with Crippen molar-refractivity contribution in [1.29, 1.82) is 0 Å². The number of hydrogen-bond donors (Lipinski definition) is 1. The third kappa shape index (κ3) is 28.0. The maximum atomic E-state index is 12.2. The molecule has 0 amide bonds. The molecule has 0 saturated carbocycles. The molecule has 0 unspecified atom stereocenters. The third-order valence-electron chi connectivity index (χ3n) is 6.39. The van der Waals surface area contributed by atoms with Crippen molar-refractivity contribution in [3.05, 3.63) is 0 Å². The maximum Gasteiger partial charge on any atom is 0.305 e. The van der Waals surface area contributed by atoms with E-state index in [1.807, 2.05) is 0 Å². The molecule has 0 spiro atoms. The molecule has 0 aliphatic carbocycles. The largest absolute Gasteiger partial charge is 0.465 e. The van der Waals surface area contributed by atoms with Gasteiger partial charge in [0.15, 0.2) is 0 Å². The van der Waals surface area contributed by atoms with Crippen LogP contribution in [0.2, 0.25) is 0 Å². The molecule has 0 bridgehead atoms. The topological polar surface area (TPSA) is 181 Å². The minimum Gasteiger partial charge on any atom is -0.465 e. The minimum atomic E-state index is -0.471. The monoisotopic (exact) mass is 647 g/mol. The van der Waals surface area contributed by atoms with E-state index in [1.165, 1.54) is 27.7 Å². The fourth-order valence-electron chi connectivity index (χ4n) is 3.99. The van der Waals surface area contributed by atoms with Gasteiger partial charge >= 0.3 is 35.8 Å². The maximum absolute atomic E-state index is 12.2. The van der Waals surface area contributed by atoms with E-state index in [1.54, 1.807) is 0 Å². The van der Waals surface area contributed by atoms with E-state index in [-0.39, 0.29) is 71.0 Å². The summed E-state index contributed by atoms with van der Waals surface area (Å²) in [6.07, 6.45) is 5.81. The molecule has 1 N–H and O–H groups in total. The summed E-state index contributed by atoms with van der Waals surface area (Å²) in [7, 11) is 0. The second kappa shape index (κ2) is 27.1. The van der Waals surface area contributed by atoms with Gasteiger partial charge in [0.2, 0.25) is 0 Å². The number of aliphatic hydroxyl groups is 1. The van der Waals surface area contributed by atoms with Crippen LogP contribution in [0.4, 0.5) is 0 Å². The van der Waals surface area contributed by atoms with Crippen molar-refractivity contribution in [3.8, 4) is 0 Å². The number of carbonyl (C=O) groups excluding carboxylic acids is 6. The molecule has 0 rings (SSSR count). The van der Waals surface area contributed by atoms with E-state index in [9.17, 15) is 33.9 Å². The highest BCUT2D eigenvalue weighted by atomic mass is 16.6. The van der Waals surface area contributed by atoms with Crippen LogP contribution in [0, 0.1) is 11.8 Å². The van der Waals surface area contributed by atoms with Crippen LogP contribution in [-0.2, 0) is 57.2 Å². The predicted molar refractivity (Wildman–Crippen MR) is 161 cm³/mol. The molecule has 14 heteroatoms. The first-order valence-electron chi connectivity index (χ1n) is 15.6. The van der Waals surface area contributed by atoms with Crippen LogP contribution in [0.15, 0.2) is 0 Å². The normalized spacial score (nSPS) is 10.9. The van der Waals surface area contributed by atoms with Gasteiger partial charge in [-0.15, -0.1) is 0 Å². The second-order valence-corrected chi connectivity index (χ2v) is 10.8. The van der Waals surface area contributed by atoms with Crippen LogP contribution in [0.3, 0.4) is 0 Å². The molecule has 0 heterocycles. The molecule has 0 radical (unpaired) electrons. The number of carbonyl (C=O) groups is 6. The lowest BCUT2D eigenvalue weighted by molar-refractivity contribution is -0.154. The Labute approximate surface area is 266 Å². The fourth-order valence-corrected chi connectivity index (χ4v) is 3.99. The molecule has 0 aromatic heterocycles. The zero-order chi connectivity index (χ0) is 33.9. The highest BCUT2D eigenvalue weighted by molar-refractivity contribution is 5.70. The van der Waals surface area contributed by atoms with Gasteiger partial charge in [-0.25, -0.2) is 0 Å². The van der Waals surface area contributed by atoms with Crippen LogP contribution in [-0.4, -0.2) is 112 Å². The zero-order valence-electron chi connectivity index (χ0n) is 27.4. The van der Waals surface area contributed by atoms with E-state index in [0.29, 0.717) is 19.3 Å². The number of ether oxygens (including phenoxy) is 6. The third-order valence-corrected chi connectivity index (χ3v) is 6.39. The van der Waals surface area contributed by atoms with Crippen molar-refractivity contribution in [2.75, 3.05) is 65.9 Å². The quantitative estimate of drug-likeness (QED) is 0.0779. The van der Waals surface area contributed by atoms with Crippen molar-refractivity contribution < 1.29 is 62.3 Å². The molecule has 0 aromatic carbocycles. The highest BCUT2D eigenvalue weighted by Crippen LogP contribution is 2.10. The Bertz CT molecular complexity index is 778. The van der Waals surface area contributed by atoms with E-state index < -0.39 is 35.7 Å².